The minimum absolute atomic E-state index is 0.0115. The Balaban J connectivity index is 2.22. The molecule has 0 aliphatic carbocycles. The molecular formula is C11H13NO2. The Morgan fingerprint density at radius 2 is 2.21 bits per heavy atom. The molecule has 74 valence electrons. The second-order valence-electron chi connectivity index (χ2n) is 3.49. The molecule has 1 aromatic rings. The molecule has 1 atom stereocenters. The van der Waals surface area contributed by atoms with Crippen molar-refractivity contribution in [2.24, 2.45) is 0 Å². The van der Waals surface area contributed by atoms with E-state index >= 15 is 0 Å². The summed E-state index contributed by atoms with van der Waals surface area (Å²) >= 11 is 0. The number of carbonyl (C=O) groups is 1. The molecule has 0 spiro atoms. The number of aryl methyl sites for hydroxylation is 1. The molecule has 0 aromatic heterocycles. The molecule has 1 aliphatic heterocycles. The van der Waals surface area contributed by atoms with Crippen LogP contribution in [0.3, 0.4) is 0 Å². The average molecular weight is 191 g/mol. The summed E-state index contributed by atoms with van der Waals surface area (Å²) in [5.41, 5.74) is 2.32. The third-order valence-corrected chi connectivity index (χ3v) is 2.42. The number of benzene rings is 1. The quantitative estimate of drug-likeness (QED) is 0.724. The Kier molecular flexibility index (Phi) is 2.50. The topological polar surface area (TPSA) is 38.3 Å². The Morgan fingerprint density at radius 3 is 2.93 bits per heavy atom. The molecule has 3 heteroatoms. The maximum atomic E-state index is 11.1. The highest BCUT2D eigenvalue weighted by Crippen LogP contribution is 2.19. The first-order chi connectivity index (χ1) is 6.77. The number of carbonyl (C=O) groups excluding carboxylic acids is 1. The van der Waals surface area contributed by atoms with Gasteiger partial charge in [0.25, 0.3) is 0 Å². The number of rotatable bonds is 1. The maximum absolute atomic E-state index is 11.1. The Labute approximate surface area is 83.1 Å². The molecule has 3 nitrogen and oxygen atoms in total. The largest absolute Gasteiger partial charge is 0.369 e. The van der Waals surface area contributed by atoms with E-state index in [0.717, 1.165) is 5.56 Å². The van der Waals surface area contributed by atoms with Crippen molar-refractivity contribution in [2.75, 3.05) is 13.2 Å². The normalized spacial score (nSPS) is 21.8. The van der Waals surface area contributed by atoms with Crippen molar-refractivity contribution in [3.8, 4) is 0 Å². The molecule has 0 bridgehead atoms. The van der Waals surface area contributed by atoms with Crippen molar-refractivity contribution in [2.45, 2.75) is 13.0 Å². The highest BCUT2D eigenvalue weighted by molar-refractivity contribution is 5.78. The number of morpholine rings is 1. The molecule has 2 rings (SSSR count). The van der Waals surface area contributed by atoms with Gasteiger partial charge in [-0.25, -0.2) is 0 Å². The van der Waals surface area contributed by atoms with E-state index in [0.29, 0.717) is 6.61 Å². The van der Waals surface area contributed by atoms with Gasteiger partial charge in [0, 0.05) is 0 Å². The van der Waals surface area contributed by atoms with Gasteiger partial charge < -0.3 is 10.1 Å². The van der Waals surface area contributed by atoms with Crippen LogP contribution in [0.25, 0.3) is 0 Å². The summed E-state index contributed by atoms with van der Waals surface area (Å²) in [6, 6.07) is 8.04. The first-order valence-electron chi connectivity index (χ1n) is 4.70. The molecule has 1 heterocycles. The fourth-order valence-corrected chi connectivity index (χ4v) is 1.69. The van der Waals surface area contributed by atoms with Crippen molar-refractivity contribution >= 4 is 5.91 Å². The Morgan fingerprint density at radius 1 is 1.43 bits per heavy atom. The van der Waals surface area contributed by atoms with Crippen LogP contribution in [0.2, 0.25) is 0 Å². The molecule has 1 saturated heterocycles. The molecular weight excluding hydrogens is 178 g/mol. The molecule has 1 N–H and O–H groups in total. The summed E-state index contributed by atoms with van der Waals surface area (Å²) in [6.07, 6.45) is 0. The summed E-state index contributed by atoms with van der Waals surface area (Å²) in [5.74, 6) is -0.0375. The van der Waals surface area contributed by atoms with E-state index in [2.05, 4.69) is 5.32 Å². The fraction of sp³-hybridized carbons (Fsp3) is 0.364. The van der Waals surface area contributed by atoms with Gasteiger partial charge in [-0.3, -0.25) is 4.79 Å². The van der Waals surface area contributed by atoms with Crippen LogP contribution in [-0.4, -0.2) is 19.1 Å². The van der Waals surface area contributed by atoms with E-state index in [1.807, 2.05) is 31.2 Å². The Hall–Kier alpha value is -1.35. The van der Waals surface area contributed by atoms with Crippen molar-refractivity contribution in [1.82, 2.24) is 5.32 Å². The zero-order chi connectivity index (χ0) is 9.97. The first kappa shape index (κ1) is 9.21. The van der Waals surface area contributed by atoms with E-state index in [9.17, 15) is 4.79 Å². The summed E-state index contributed by atoms with van der Waals surface area (Å²) in [6.45, 7) is 2.79. The van der Waals surface area contributed by atoms with Crippen LogP contribution in [0.5, 0.6) is 0 Å². The van der Waals surface area contributed by atoms with Crippen molar-refractivity contribution in [3.05, 3.63) is 35.4 Å². The standard InChI is InChI=1S/C11H13NO2/c1-8-4-2-3-5-9(8)10-6-14-7-11(13)12-10/h2-5,10H,6-7H2,1H3,(H,12,13). The second-order valence-corrected chi connectivity index (χ2v) is 3.49. The minimum Gasteiger partial charge on any atom is -0.369 e. The van der Waals surface area contributed by atoms with Crippen LogP contribution in [0.1, 0.15) is 17.2 Å². The summed E-state index contributed by atoms with van der Waals surface area (Å²) < 4.78 is 5.19. The van der Waals surface area contributed by atoms with Gasteiger partial charge in [-0.15, -0.1) is 0 Å². The number of amides is 1. The third kappa shape index (κ3) is 1.77. The van der Waals surface area contributed by atoms with Crippen LogP contribution in [0.15, 0.2) is 24.3 Å². The zero-order valence-electron chi connectivity index (χ0n) is 8.12. The van der Waals surface area contributed by atoms with Crippen molar-refractivity contribution in [3.63, 3.8) is 0 Å². The molecule has 1 unspecified atom stereocenters. The summed E-state index contributed by atoms with van der Waals surface area (Å²) in [4.78, 5) is 11.1. The minimum atomic E-state index is -0.0375. The number of ether oxygens (including phenoxy) is 1. The maximum Gasteiger partial charge on any atom is 0.246 e. The first-order valence-corrected chi connectivity index (χ1v) is 4.70. The highest BCUT2D eigenvalue weighted by Gasteiger charge is 2.20. The van der Waals surface area contributed by atoms with E-state index in [4.69, 9.17) is 4.74 Å². The van der Waals surface area contributed by atoms with Gasteiger partial charge in [0.2, 0.25) is 5.91 Å². The van der Waals surface area contributed by atoms with Gasteiger partial charge in [-0.1, -0.05) is 24.3 Å². The predicted molar refractivity (Wildman–Crippen MR) is 52.9 cm³/mol. The van der Waals surface area contributed by atoms with Crippen LogP contribution in [-0.2, 0) is 9.53 Å². The van der Waals surface area contributed by atoms with Crippen LogP contribution in [0.4, 0.5) is 0 Å². The van der Waals surface area contributed by atoms with Crippen LogP contribution >= 0.6 is 0 Å². The smallest absolute Gasteiger partial charge is 0.246 e. The zero-order valence-corrected chi connectivity index (χ0v) is 8.12. The number of hydrogen-bond acceptors (Lipinski definition) is 2. The van der Waals surface area contributed by atoms with E-state index < -0.39 is 0 Å². The molecule has 1 aromatic carbocycles. The number of hydrogen-bond donors (Lipinski definition) is 1. The lowest BCUT2D eigenvalue weighted by Crippen LogP contribution is -2.39. The van der Waals surface area contributed by atoms with Crippen LogP contribution in [0, 0.1) is 6.92 Å². The van der Waals surface area contributed by atoms with Gasteiger partial charge in [-0.05, 0) is 18.1 Å². The van der Waals surface area contributed by atoms with E-state index in [1.165, 1.54) is 5.56 Å². The van der Waals surface area contributed by atoms with Gasteiger partial charge in [-0.2, -0.15) is 0 Å². The van der Waals surface area contributed by atoms with Gasteiger partial charge in [0.15, 0.2) is 0 Å². The van der Waals surface area contributed by atoms with Gasteiger partial charge >= 0.3 is 0 Å². The predicted octanol–water partition coefficient (Wildman–Crippen LogP) is 1.18. The van der Waals surface area contributed by atoms with Gasteiger partial charge in [0.05, 0.1) is 12.6 Å². The lowest BCUT2D eigenvalue weighted by molar-refractivity contribution is -0.131. The van der Waals surface area contributed by atoms with Gasteiger partial charge in [0.1, 0.15) is 6.61 Å². The monoisotopic (exact) mass is 191 g/mol. The summed E-state index contributed by atoms with van der Waals surface area (Å²) in [7, 11) is 0. The summed E-state index contributed by atoms with van der Waals surface area (Å²) in [5, 5.41) is 2.91. The molecule has 14 heavy (non-hydrogen) atoms. The van der Waals surface area contributed by atoms with Crippen LogP contribution < -0.4 is 5.32 Å². The molecule has 1 amide bonds. The fourth-order valence-electron chi connectivity index (χ4n) is 1.69. The lowest BCUT2D eigenvalue weighted by Gasteiger charge is -2.25. The highest BCUT2D eigenvalue weighted by atomic mass is 16.5. The molecule has 1 fully saturated rings. The van der Waals surface area contributed by atoms with Crippen molar-refractivity contribution < 1.29 is 9.53 Å². The van der Waals surface area contributed by atoms with E-state index in [1.54, 1.807) is 0 Å². The average Bonchev–Trinajstić information content (AvgIpc) is 2.18. The van der Waals surface area contributed by atoms with Crippen molar-refractivity contribution in [1.29, 1.82) is 0 Å². The number of nitrogens with one attached hydrogen (secondary N) is 1. The third-order valence-electron chi connectivity index (χ3n) is 2.42. The van der Waals surface area contributed by atoms with E-state index in [-0.39, 0.29) is 18.6 Å². The molecule has 0 saturated carbocycles. The Bertz CT molecular complexity index is 349. The molecule has 1 aliphatic rings. The SMILES string of the molecule is Cc1ccccc1C1COCC(=O)N1. The second kappa shape index (κ2) is 3.80. The molecule has 0 radical (unpaired) electrons. The lowest BCUT2D eigenvalue weighted by atomic mass is 10.0.